The van der Waals surface area contributed by atoms with E-state index < -0.39 is 10.2 Å². The smallest absolute Gasteiger partial charge is 0.279 e. The first-order chi connectivity index (χ1) is 8.99. The first-order valence-electron chi connectivity index (χ1n) is 6.65. The van der Waals surface area contributed by atoms with Gasteiger partial charge in [0.1, 0.15) is 0 Å². The molecule has 19 heavy (non-hydrogen) atoms. The highest BCUT2D eigenvalue weighted by atomic mass is 32.2. The van der Waals surface area contributed by atoms with Gasteiger partial charge in [0.05, 0.1) is 12.7 Å². The molecule has 0 aliphatic carbocycles. The van der Waals surface area contributed by atoms with Crippen LogP contribution in [0, 0.1) is 0 Å². The zero-order chi connectivity index (χ0) is 14.3. The molecule has 0 saturated carbocycles. The van der Waals surface area contributed by atoms with Crippen molar-refractivity contribution in [2.45, 2.75) is 19.4 Å². The van der Waals surface area contributed by atoms with Crippen LogP contribution in [0.25, 0.3) is 0 Å². The first kappa shape index (κ1) is 16.8. The SMILES string of the molecule is CCN1CCOC(CNS(=O)(=O)N(C)CCCO)C1. The second-order valence-corrected chi connectivity index (χ2v) is 6.50. The third kappa shape index (κ3) is 5.72. The van der Waals surface area contributed by atoms with Crippen LogP contribution in [-0.2, 0) is 14.9 Å². The molecule has 0 aromatic heterocycles. The van der Waals surface area contributed by atoms with E-state index in [1.807, 2.05) is 0 Å². The summed E-state index contributed by atoms with van der Waals surface area (Å²) in [5.74, 6) is 0. The van der Waals surface area contributed by atoms with Crippen LogP contribution >= 0.6 is 0 Å². The lowest BCUT2D eigenvalue weighted by atomic mass is 10.3. The average molecular weight is 295 g/mol. The van der Waals surface area contributed by atoms with E-state index >= 15 is 0 Å². The lowest BCUT2D eigenvalue weighted by Crippen LogP contribution is -2.49. The van der Waals surface area contributed by atoms with Crippen LogP contribution in [0.1, 0.15) is 13.3 Å². The van der Waals surface area contributed by atoms with Crippen LogP contribution in [0.2, 0.25) is 0 Å². The second-order valence-electron chi connectivity index (χ2n) is 4.64. The van der Waals surface area contributed by atoms with Gasteiger partial charge in [-0.1, -0.05) is 6.92 Å². The second kappa shape index (κ2) is 8.13. The molecular weight excluding hydrogens is 270 g/mol. The summed E-state index contributed by atoms with van der Waals surface area (Å²) in [4.78, 5) is 2.23. The van der Waals surface area contributed by atoms with Gasteiger partial charge in [0, 0.05) is 39.8 Å². The van der Waals surface area contributed by atoms with Crippen molar-refractivity contribution in [1.82, 2.24) is 13.9 Å². The number of nitrogens with zero attached hydrogens (tertiary/aromatic N) is 2. The Bertz CT molecular complexity index is 350. The molecule has 114 valence electrons. The molecule has 1 aliphatic heterocycles. The average Bonchev–Trinajstić information content (AvgIpc) is 2.42. The summed E-state index contributed by atoms with van der Waals surface area (Å²) < 4.78 is 33.1. The number of ether oxygens (including phenoxy) is 1. The molecule has 7 nitrogen and oxygen atoms in total. The van der Waals surface area contributed by atoms with E-state index in [1.54, 1.807) is 0 Å². The molecule has 1 fully saturated rings. The van der Waals surface area contributed by atoms with Gasteiger partial charge in [-0.2, -0.15) is 17.4 Å². The third-order valence-corrected chi connectivity index (χ3v) is 4.74. The predicted octanol–water partition coefficient (Wildman–Crippen LogP) is -1.14. The number of aliphatic hydroxyl groups excluding tert-OH is 1. The summed E-state index contributed by atoms with van der Waals surface area (Å²) in [6.07, 6.45) is 0.329. The summed E-state index contributed by atoms with van der Waals surface area (Å²) in [5, 5.41) is 8.70. The zero-order valence-corrected chi connectivity index (χ0v) is 12.5. The maximum Gasteiger partial charge on any atom is 0.279 e. The normalized spacial score (nSPS) is 22.0. The number of hydrogen-bond acceptors (Lipinski definition) is 5. The van der Waals surface area contributed by atoms with Gasteiger partial charge in [-0.15, -0.1) is 0 Å². The molecule has 0 aromatic carbocycles. The van der Waals surface area contributed by atoms with Crippen molar-refractivity contribution in [2.24, 2.45) is 0 Å². The standard InChI is InChI=1S/C11H25N3O4S/c1-3-14-6-8-18-11(10-14)9-12-19(16,17)13(2)5-4-7-15/h11-12,15H,3-10H2,1-2H3. The van der Waals surface area contributed by atoms with E-state index in [4.69, 9.17) is 9.84 Å². The topological polar surface area (TPSA) is 82.1 Å². The highest BCUT2D eigenvalue weighted by Gasteiger charge is 2.23. The van der Waals surface area contributed by atoms with Crippen molar-refractivity contribution in [3.63, 3.8) is 0 Å². The maximum absolute atomic E-state index is 11.9. The van der Waals surface area contributed by atoms with Gasteiger partial charge >= 0.3 is 0 Å². The minimum Gasteiger partial charge on any atom is -0.396 e. The molecule has 1 rings (SSSR count). The summed E-state index contributed by atoms with van der Waals surface area (Å²) in [6, 6.07) is 0. The van der Waals surface area contributed by atoms with E-state index in [2.05, 4.69) is 16.5 Å². The molecule has 0 amide bonds. The molecule has 0 radical (unpaired) electrons. The summed E-state index contributed by atoms with van der Waals surface area (Å²) in [5.41, 5.74) is 0. The molecule has 1 unspecified atom stereocenters. The monoisotopic (exact) mass is 295 g/mol. The zero-order valence-electron chi connectivity index (χ0n) is 11.7. The Balaban J connectivity index is 2.37. The van der Waals surface area contributed by atoms with E-state index in [-0.39, 0.29) is 19.3 Å². The van der Waals surface area contributed by atoms with Crippen LogP contribution < -0.4 is 4.72 Å². The molecule has 1 aliphatic rings. The fourth-order valence-corrected chi connectivity index (χ4v) is 2.90. The fraction of sp³-hybridized carbons (Fsp3) is 1.00. The van der Waals surface area contributed by atoms with Crippen molar-refractivity contribution >= 4 is 10.2 Å². The summed E-state index contributed by atoms with van der Waals surface area (Å²) in [6.45, 7) is 5.88. The highest BCUT2D eigenvalue weighted by Crippen LogP contribution is 2.05. The number of likely N-dealkylation sites (N-methyl/N-ethyl adjacent to an activating group) is 1. The van der Waals surface area contributed by atoms with E-state index in [1.165, 1.54) is 11.4 Å². The molecule has 0 spiro atoms. The molecular formula is C11H25N3O4S. The van der Waals surface area contributed by atoms with Gasteiger partial charge in [0.25, 0.3) is 10.2 Å². The Kier molecular flexibility index (Phi) is 7.19. The van der Waals surface area contributed by atoms with Crippen molar-refractivity contribution in [3.05, 3.63) is 0 Å². The van der Waals surface area contributed by atoms with Gasteiger partial charge in [-0.25, -0.2) is 0 Å². The largest absolute Gasteiger partial charge is 0.396 e. The van der Waals surface area contributed by atoms with E-state index in [0.29, 0.717) is 19.6 Å². The Morgan fingerprint density at radius 3 is 2.89 bits per heavy atom. The molecule has 0 bridgehead atoms. The molecule has 1 atom stereocenters. The van der Waals surface area contributed by atoms with Crippen LogP contribution in [0.4, 0.5) is 0 Å². The van der Waals surface area contributed by atoms with Crippen LogP contribution in [-0.4, -0.2) is 81.8 Å². The maximum atomic E-state index is 11.9. The number of rotatable bonds is 8. The van der Waals surface area contributed by atoms with Gasteiger partial charge in [-0.05, 0) is 13.0 Å². The Labute approximate surface area is 115 Å². The molecule has 0 aromatic rings. The quantitative estimate of drug-likeness (QED) is 0.591. The van der Waals surface area contributed by atoms with Crippen molar-refractivity contribution in [3.8, 4) is 0 Å². The van der Waals surface area contributed by atoms with Crippen LogP contribution in [0.5, 0.6) is 0 Å². The lowest BCUT2D eigenvalue weighted by molar-refractivity contribution is -0.0230. The molecule has 8 heteroatoms. The van der Waals surface area contributed by atoms with Crippen LogP contribution in [0.3, 0.4) is 0 Å². The predicted molar refractivity (Wildman–Crippen MR) is 73.1 cm³/mol. The third-order valence-electron chi connectivity index (χ3n) is 3.20. The fourth-order valence-electron chi connectivity index (χ4n) is 1.91. The Morgan fingerprint density at radius 2 is 2.26 bits per heavy atom. The number of morpholine rings is 1. The lowest BCUT2D eigenvalue weighted by Gasteiger charge is -2.32. The minimum absolute atomic E-state index is 0.0168. The molecule has 1 saturated heterocycles. The van der Waals surface area contributed by atoms with Gasteiger partial charge in [0.15, 0.2) is 0 Å². The Hall–Kier alpha value is -0.250. The van der Waals surface area contributed by atoms with Crippen molar-refractivity contribution in [1.29, 1.82) is 0 Å². The first-order valence-corrected chi connectivity index (χ1v) is 8.09. The molecule has 2 N–H and O–H groups in total. The Morgan fingerprint density at radius 1 is 1.53 bits per heavy atom. The number of aliphatic hydroxyl groups is 1. The van der Waals surface area contributed by atoms with Crippen molar-refractivity contribution < 1.29 is 18.3 Å². The number of hydrogen-bond donors (Lipinski definition) is 2. The minimum atomic E-state index is -3.48. The van der Waals surface area contributed by atoms with Crippen LogP contribution in [0.15, 0.2) is 0 Å². The van der Waals surface area contributed by atoms with Gasteiger partial charge in [-0.3, -0.25) is 4.90 Å². The van der Waals surface area contributed by atoms with Gasteiger partial charge < -0.3 is 9.84 Å². The summed E-state index contributed by atoms with van der Waals surface area (Å²) >= 11 is 0. The van der Waals surface area contributed by atoms with E-state index in [0.717, 1.165) is 19.6 Å². The van der Waals surface area contributed by atoms with E-state index in [9.17, 15) is 8.42 Å². The highest BCUT2D eigenvalue weighted by molar-refractivity contribution is 7.87. The van der Waals surface area contributed by atoms with Gasteiger partial charge in [0.2, 0.25) is 0 Å². The number of nitrogens with one attached hydrogen (secondary N) is 1. The van der Waals surface area contributed by atoms with Crippen molar-refractivity contribution in [2.75, 3.05) is 53.0 Å². The molecule has 1 heterocycles. The summed E-state index contributed by atoms with van der Waals surface area (Å²) in [7, 11) is -1.98.